The normalized spacial score (nSPS) is 12.3. The molecule has 124 valence electrons. The second kappa shape index (κ2) is 6.84. The molecule has 0 saturated carbocycles. The largest absolute Gasteiger partial charge is 0.340 e. The molecule has 1 aromatic heterocycles. The molecule has 0 aliphatic rings. The Morgan fingerprint density at radius 3 is 2.71 bits per heavy atom. The Hall–Kier alpha value is -2.66. The van der Waals surface area contributed by atoms with Crippen LogP contribution >= 0.6 is 0 Å². The standard InChI is InChI=1S/C19H22N4O/c1-20-18(16-11-21-23(3)13-16)19(24)22(2)12-15-9-6-8-14-7-4-5-10-17(14)15/h4-11,13,18,20H,12H2,1-3H3. The van der Waals surface area contributed by atoms with E-state index in [9.17, 15) is 4.79 Å². The summed E-state index contributed by atoms with van der Waals surface area (Å²) in [6.45, 7) is 0.568. The van der Waals surface area contributed by atoms with Crippen LogP contribution in [0.25, 0.3) is 10.8 Å². The van der Waals surface area contributed by atoms with E-state index in [1.165, 1.54) is 10.8 Å². The predicted molar refractivity (Wildman–Crippen MR) is 95.4 cm³/mol. The molecule has 3 rings (SSSR count). The fourth-order valence-corrected chi connectivity index (χ4v) is 3.01. The summed E-state index contributed by atoms with van der Waals surface area (Å²) in [6.07, 6.45) is 3.59. The van der Waals surface area contributed by atoms with E-state index in [0.29, 0.717) is 6.54 Å². The quantitative estimate of drug-likeness (QED) is 0.785. The molecule has 0 spiro atoms. The number of amides is 1. The first-order chi connectivity index (χ1) is 11.6. The Bertz CT molecular complexity index is 850. The van der Waals surface area contributed by atoms with E-state index in [-0.39, 0.29) is 5.91 Å². The maximum Gasteiger partial charge on any atom is 0.244 e. The van der Waals surface area contributed by atoms with Crippen molar-refractivity contribution in [3.8, 4) is 0 Å². The molecule has 2 aromatic carbocycles. The minimum Gasteiger partial charge on any atom is -0.340 e. The Kier molecular flexibility index (Phi) is 4.62. The third-order valence-corrected chi connectivity index (χ3v) is 4.26. The monoisotopic (exact) mass is 322 g/mol. The van der Waals surface area contributed by atoms with E-state index in [1.54, 1.807) is 22.8 Å². The molecule has 0 bridgehead atoms. The van der Waals surface area contributed by atoms with Crippen LogP contribution in [0.5, 0.6) is 0 Å². The van der Waals surface area contributed by atoms with Gasteiger partial charge < -0.3 is 10.2 Å². The van der Waals surface area contributed by atoms with E-state index in [1.807, 2.05) is 38.5 Å². The lowest BCUT2D eigenvalue weighted by atomic mass is 10.0. The molecule has 3 aromatic rings. The smallest absolute Gasteiger partial charge is 0.244 e. The van der Waals surface area contributed by atoms with Crippen molar-refractivity contribution in [1.29, 1.82) is 0 Å². The first-order valence-electron chi connectivity index (χ1n) is 7.97. The molecule has 1 N–H and O–H groups in total. The summed E-state index contributed by atoms with van der Waals surface area (Å²) < 4.78 is 1.71. The van der Waals surface area contributed by atoms with Gasteiger partial charge in [0.1, 0.15) is 6.04 Å². The summed E-state index contributed by atoms with van der Waals surface area (Å²) in [4.78, 5) is 14.6. The van der Waals surface area contributed by atoms with Gasteiger partial charge in [-0.1, -0.05) is 42.5 Å². The summed E-state index contributed by atoms with van der Waals surface area (Å²) in [5.41, 5.74) is 2.01. The molecule has 1 unspecified atom stereocenters. The van der Waals surface area contributed by atoms with E-state index >= 15 is 0 Å². The number of aromatic nitrogens is 2. The minimum absolute atomic E-state index is 0.0263. The molecule has 0 aliphatic heterocycles. The van der Waals surface area contributed by atoms with Crippen LogP contribution in [0.15, 0.2) is 54.9 Å². The summed E-state index contributed by atoms with van der Waals surface area (Å²) >= 11 is 0. The fraction of sp³-hybridized carbons (Fsp3) is 0.263. The zero-order valence-corrected chi connectivity index (χ0v) is 14.2. The molecule has 0 saturated heterocycles. The van der Waals surface area contributed by atoms with Gasteiger partial charge in [-0.25, -0.2) is 0 Å². The van der Waals surface area contributed by atoms with Gasteiger partial charge in [-0.05, 0) is 23.4 Å². The summed E-state index contributed by atoms with van der Waals surface area (Å²) in [5, 5.41) is 9.62. The van der Waals surface area contributed by atoms with Crippen LogP contribution in [-0.2, 0) is 18.4 Å². The van der Waals surface area contributed by atoms with E-state index < -0.39 is 6.04 Å². The lowest BCUT2D eigenvalue weighted by Crippen LogP contribution is -2.37. The number of benzene rings is 2. The van der Waals surface area contributed by atoms with Gasteiger partial charge in [0.2, 0.25) is 5.91 Å². The van der Waals surface area contributed by atoms with Crippen LogP contribution in [0, 0.1) is 0 Å². The number of hydrogen-bond acceptors (Lipinski definition) is 3. The van der Waals surface area contributed by atoms with Crippen molar-refractivity contribution < 1.29 is 4.79 Å². The lowest BCUT2D eigenvalue weighted by Gasteiger charge is -2.23. The number of hydrogen-bond donors (Lipinski definition) is 1. The van der Waals surface area contributed by atoms with Gasteiger partial charge in [-0.3, -0.25) is 9.48 Å². The van der Waals surface area contributed by atoms with Crippen molar-refractivity contribution in [2.24, 2.45) is 7.05 Å². The second-order valence-corrected chi connectivity index (χ2v) is 6.00. The fourth-order valence-electron chi connectivity index (χ4n) is 3.01. The van der Waals surface area contributed by atoms with E-state index in [2.05, 4.69) is 34.7 Å². The van der Waals surface area contributed by atoms with Crippen LogP contribution in [0.4, 0.5) is 0 Å². The number of nitrogens with one attached hydrogen (secondary N) is 1. The number of fused-ring (bicyclic) bond motifs is 1. The van der Waals surface area contributed by atoms with Gasteiger partial charge in [0.25, 0.3) is 0 Å². The van der Waals surface area contributed by atoms with Gasteiger partial charge in [-0.15, -0.1) is 0 Å². The maximum absolute atomic E-state index is 12.9. The number of likely N-dealkylation sites (N-methyl/N-ethyl adjacent to an activating group) is 2. The van der Waals surface area contributed by atoms with Crippen molar-refractivity contribution >= 4 is 16.7 Å². The molecule has 0 fully saturated rings. The third-order valence-electron chi connectivity index (χ3n) is 4.26. The Morgan fingerprint density at radius 2 is 2.00 bits per heavy atom. The van der Waals surface area contributed by atoms with Gasteiger partial charge >= 0.3 is 0 Å². The first kappa shape index (κ1) is 16.2. The van der Waals surface area contributed by atoms with E-state index in [0.717, 1.165) is 11.1 Å². The molecule has 1 amide bonds. The summed E-state index contributed by atoms with van der Waals surface area (Å²) in [6, 6.07) is 14.1. The zero-order valence-electron chi connectivity index (χ0n) is 14.2. The number of rotatable bonds is 5. The average molecular weight is 322 g/mol. The first-order valence-corrected chi connectivity index (χ1v) is 7.97. The highest BCUT2D eigenvalue weighted by Gasteiger charge is 2.23. The highest BCUT2D eigenvalue weighted by Crippen LogP contribution is 2.21. The highest BCUT2D eigenvalue weighted by atomic mass is 16.2. The van der Waals surface area contributed by atoms with Crippen LogP contribution in [0.3, 0.4) is 0 Å². The van der Waals surface area contributed by atoms with E-state index in [4.69, 9.17) is 0 Å². The molecule has 5 nitrogen and oxygen atoms in total. The molecular weight excluding hydrogens is 300 g/mol. The van der Waals surface area contributed by atoms with Crippen molar-refractivity contribution in [2.75, 3.05) is 14.1 Å². The van der Waals surface area contributed by atoms with Crippen LogP contribution < -0.4 is 5.32 Å². The molecule has 0 radical (unpaired) electrons. The van der Waals surface area contributed by atoms with Crippen molar-refractivity contribution in [2.45, 2.75) is 12.6 Å². The Balaban J connectivity index is 1.82. The van der Waals surface area contributed by atoms with Crippen LogP contribution in [0.2, 0.25) is 0 Å². The number of carbonyl (C=O) groups is 1. The zero-order chi connectivity index (χ0) is 17.1. The van der Waals surface area contributed by atoms with Gasteiger partial charge in [-0.2, -0.15) is 5.10 Å². The van der Waals surface area contributed by atoms with Gasteiger partial charge in [0, 0.05) is 32.4 Å². The second-order valence-electron chi connectivity index (χ2n) is 6.00. The molecule has 5 heteroatoms. The number of carbonyl (C=O) groups excluding carboxylic acids is 1. The minimum atomic E-state index is -0.390. The third kappa shape index (κ3) is 3.16. The predicted octanol–water partition coefficient (Wildman–Crippen LogP) is 2.49. The molecule has 1 atom stereocenters. The highest BCUT2D eigenvalue weighted by molar-refractivity contribution is 5.87. The Labute approximate surface area is 141 Å². The molecule has 24 heavy (non-hydrogen) atoms. The van der Waals surface area contributed by atoms with Crippen molar-refractivity contribution in [3.05, 3.63) is 66.0 Å². The lowest BCUT2D eigenvalue weighted by molar-refractivity contribution is -0.132. The van der Waals surface area contributed by atoms with Gasteiger partial charge in [0.15, 0.2) is 0 Å². The van der Waals surface area contributed by atoms with Gasteiger partial charge in [0.05, 0.1) is 6.20 Å². The average Bonchev–Trinajstić information content (AvgIpc) is 3.02. The van der Waals surface area contributed by atoms with Crippen molar-refractivity contribution in [1.82, 2.24) is 20.0 Å². The van der Waals surface area contributed by atoms with Crippen LogP contribution in [0.1, 0.15) is 17.2 Å². The number of nitrogens with zero attached hydrogens (tertiary/aromatic N) is 3. The SMILES string of the molecule is CNC(C(=O)N(C)Cc1cccc2ccccc12)c1cnn(C)c1. The van der Waals surface area contributed by atoms with Crippen molar-refractivity contribution in [3.63, 3.8) is 0 Å². The molecular formula is C19H22N4O. The maximum atomic E-state index is 12.9. The summed E-state index contributed by atoms with van der Waals surface area (Å²) in [7, 11) is 5.48. The topological polar surface area (TPSA) is 50.2 Å². The van der Waals surface area contributed by atoms with Crippen LogP contribution in [-0.4, -0.2) is 34.7 Å². The Morgan fingerprint density at radius 1 is 1.25 bits per heavy atom. The summed E-state index contributed by atoms with van der Waals surface area (Å²) in [5.74, 6) is 0.0263. The number of aryl methyl sites for hydroxylation is 1. The molecule has 1 heterocycles. The molecule has 0 aliphatic carbocycles.